The van der Waals surface area contributed by atoms with E-state index in [1.165, 1.54) is 31.4 Å². The summed E-state index contributed by atoms with van der Waals surface area (Å²) in [4.78, 5) is 19.1. The number of phenols is 1. The first kappa shape index (κ1) is 32.6. The summed E-state index contributed by atoms with van der Waals surface area (Å²) in [7, 11) is 1.46. The van der Waals surface area contributed by atoms with Gasteiger partial charge < -0.3 is 29.0 Å². The largest absolute Gasteiger partial charge is 0.508 e. The number of aromatic hydroxyl groups is 1. The average molecular weight is 698 g/mol. The third kappa shape index (κ3) is 5.52. The van der Waals surface area contributed by atoms with Crippen molar-refractivity contribution in [1.82, 2.24) is 19.9 Å². The number of likely N-dealkylation sites (tertiary alicyclic amines) is 1. The van der Waals surface area contributed by atoms with Crippen molar-refractivity contribution in [3.8, 4) is 41.2 Å². The molecule has 4 aromatic rings. The molecule has 0 amide bonds. The van der Waals surface area contributed by atoms with Crippen LogP contribution >= 0.6 is 0 Å². The monoisotopic (exact) mass is 697 g/mol. The van der Waals surface area contributed by atoms with Gasteiger partial charge in [-0.05, 0) is 62.2 Å². The molecule has 2 unspecified atom stereocenters. The lowest BCUT2D eigenvalue weighted by molar-refractivity contribution is -0.0731. The highest BCUT2D eigenvalue weighted by Crippen LogP contribution is 2.49. The minimum Gasteiger partial charge on any atom is -0.508 e. The van der Waals surface area contributed by atoms with Crippen molar-refractivity contribution in [1.29, 1.82) is 0 Å². The van der Waals surface area contributed by atoms with Crippen molar-refractivity contribution in [2.75, 3.05) is 64.6 Å². The number of piperidine rings is 2. The predicted octanol–water partition coefficient (Wildman–Crippen LogP) is 5.70. The van der Waals surface area contributed by atoms with Gasteiger partial charge in [0.25, 0.3) is 0 Å². The molecule has 51 heavy (non-hydrogen) atoms. The van der Waals surface area contributed by atoms with Gasteiger partial charge in [0, 0.05) is 53.9 Å². The Balaban J connectivity index is 1.17. The lowest BCUT2D eigenvalue weighted by Gasteiger charge is -2.48. The quantitative estimate of drug-likeness (QED) is 0.231. The normalized spacial score (nSPS) is 26.3. The van der Waals surface area contributed by atoms with Crippen LogP contribution in [-0.2, 0) is 9.47 Å². The van der Waals surface area contributed by atoms with Gasteiger partial charge in [0.2, 0.25) is 5.88 Å². The standard InChI is InChI=1S/C39H41F2N5O5/c1-3-27-29(40)8-7-24-13-25(47)14-28(31(24)27)34-33(41)35-32(37(42-34)48-2)36(46-15-22-12-26(17-46)50-20-22)44-38(43-35)51-21-39-9-4-6-30(39)45(11-5-10-39)16-23-18-49-19-23/h1,7-8,13-14,22-23,26,30,47H,4-6,9-12,15-21H2,2H3/t22?,26?,30-,39-/m1/s1. The number of terminal acetylenes is 1. The maximum absolute atomic E-state index is 17.2. The molecule has 4 saturated heterocycles. The zero-order valence-electron chi connectivity index (χ0n) is 28.7. The molecule has 5 aliphatic rings. The number of anilines is 1. The molecule has 2 aromatic heterocycles. The Labute approximate surface area is 295 Å². The van der Waals surface area contributed by atoms with Crippen molar-refractivity contribution in [3.63, 3.8) is 0 Å². The SMILES string of the molecule is C#Cc1c(F)ccc2cc(O)cc(-c3nc(OC)c4c(N5CC6COC(C6)C5)nc(OC[C@]56CCC[C@H]5N(CC5COC5)CCC6)nc4c3F)c12. The summed E-state index contributed by atoms with van der Waals surface area (Å²) < 4.78 is 56.2. The van der Waals surface area contributed by atoms with Crippen molar-refractivity contribution >= 4 is 27.5 Å². The van der Waals surface area contributed by atoms with E-state index in [-0.39, 0.29) is 56.9 Å². The van der Waals surface area contributed by atoms with Crippen LogP contribution in [0, 0.1) is 41.2 Å². The van der Waals surface area contributed by atoms with E-state index in [1.807, 2.05) is 0 Å². The number of rotatable bonds is 8. The van der Waals surface area contributed by atoms with Gasteiger partial charge in [-0.2, -0.15) is 9.97 Å². The minimum atomic E-state index is -0.780. The fourth-order valence-corrected chi connectivity index (χ4v) is 9.48. The van der Waals surface area contributed by atoms with Crippen LogP contribution in [0.3, 0.4) is 0 Å². The second-order valence-corrected chi connectivity index (χ2v) is 15.0. The third-order valence-electron chi connectivity index (χ3n) is 11.8. The van der Waals surface area contributed by atoms with Crippen molar-refractivity contribution in [2.45, 2.75) is 50.7 Å². The molecule has 10 nitrogen and oxygen atoms in total. The summed E-state index contributed by atoms with van der Waals surface area (Å²) in [6.45, 7) is 6.10. The molecule has 9 rings (SSSR count). The molecule has 2 bridgehead atoms. The van der Waals surface area contributed by atoms with Gasteiger partial charge in [-0.15, -0.1) is 6.42 Å². The number of phenolic OH excluding ortho intramolecular Hbond substituents is 1. The fraction of sp³-hybridized carbons (Fsp3) is 0.513. The molecule has 1 saturated carbocycles. The Hall–Kier alpha value is -4.31. The topological polar surface area (TPSA) is 102 Å². The second-order valence-electron chi connectivity index (χ2n) is 15.0. The first-order chi connectivity index (χ1) is 24.8. The Morgan fingerprint density at radius 2 is 1.94 bits per heavy atom. The van der Waals surface area contributed by atoms with Crippen LogP contribution in [0.2, 0.25) is 0 Å². The number of nitrogens with zero attached hydrogens (tertiary/aromatic N) is 5. The summed E-state index contributed by atoms with van der Waals surface area (Å²) in [5, 5.41) is 11.7. The molecule has 2 aromatic carbocycles. The molecular formula is C39H41F2N5O5. The van der Waals surface area contributed by atoms with Gasteiger partial charge in [-0.1, -0.05) is 18.4 Å². The number of pyridine rings is 1. The van der Waals surface area contributed by atoms with Gasteiger partial charge in [0.15, 0.2) is 5.82 Å². The minimum absolute atomic E-state index is 0.0318. The van der Waals surface area contributed by atoms with Crippen LogP contribution in [0.1, 0.15) is 44.1 Å². The van der Waals surface area contributed by atoms with E-state index >= 15 is 8.78 Å². The van der Waals surface area contributed by atoms with Crippen molar-refractivity contribution in [3.05, 3.63) is 41.5 Å². The van der Waals surface area contributed by atoms with Crippen LogP contribution in [0.4, 0.5) is 14.6 Å². The number of ether oxygens (including phenoxy) is 4. The fourth-order valence-electron chi connectivity index (χ4n) is 9.48. The van der Waals surface area contributed by atoms with E-state index in [0.717, 1.165) is 64.8 Å². The molecular weight excluding hydrogens is 656 g/mol. The Bertz CT molecular complexity index is 2060. The summed E-state index contributed by atoms with van der Waals surface area (Å²) in [6.07, 6.45) is 12.2. The highest BCUT2D eigenvalue weighted by molar-refractivity contribution is 6.04. The molecule has 1 aliphatic carbocycles. The molecule has 1 N–H and O–H groups in total. The Morgan fingerprint density at radius 1 is 1.08 bits per heavy atom. The van der Waals surface area contributed by atoms with Crippen LogP contribution in [0.5, 0.6) is 17.6 Å². The summed E-state index contributed by atoms with van der Waals surface area (Å²) in [5.41, 5.74) is -0.210. The van der Waals surface area contributed by atoms with Crippen molar-refractivity contribution < 1.29 is 32.8 Å². The van der Waals surface area contributed by atoms with Gasteiger partial charge in [0.1, 0.15) is 34.0 Å². The Kier molecular flexibility index (Phi) is 8.13. The number of hydrogen-bond donors (Lipinski definition) is 1. The zero-order chi connectivity index (χ0) is 34.9. The third-order valence-corrected chi connectivity index (χ3v) is 11.8. The van der Waals surface area contributed by atoms with E-state index in [9.17, 15) is 5.11 Å². The van der Waals surface area contributed by atoms with E-state index < -0.39 is 11.6 Å². The lowest BCUT2D eigenvalue weighted by Crippen LogP contribution is -2.54. The number of fused-ring (bicyclic) bond motifs is 5. The molecule has 5 fully saturated rings. The highest BCUT2D eigenvalue weighted by atomic mass is 19.1. The number of hydrogen-bond acceptors (Lipinski definition) is 10. The predicted molar refractivity (Wildman–Crippen MR) is 187 cm³/mol. The number of halogens is 2. The van der Waals surface area contributed by atoms with Gasteiger partial charge in [0.05, 0.1) is 45.2 Å². The summed E-state index contributed by atoms with van der Waals surface area (Å²) in [5.74, 6) is 2.28. The Morgan fingerprint density at radius 3 is 2.73 bits per heavy atom. The van der Waals surface area contributed by atoms with Gasteiger partial charge in [-0.25, -0.2) is 13.8 Å². The number of aromatic nitrogens is 3. The van der Waals surface area contributed by atoms with E-state index in [1.54, 1.807) is 0 Å². The van der Waals surface area contributed by atoms with Crippen LogP contribution in [0.25, 0.3) is 32.9 Å². The molecule has 12 heteroatoms. The van der Waals surface area contributed by atoms with Crippen LogP contribution in [-0.4, -0.2) is 96.8 Å². The van der Waals surface area contributed by atoms with Crippen LogP contribution in [0.15, 0.2) is 24.3 Å². The summed E-state index contributed by atoms with van der Waals surface area (Å²) in [6, 6.07) is 5.99. The van der Waals surface area contributed by atoms with E-state index in [2.05, 4.69) is 20.7 Å². The summed E-state index contributed by atoms with van der Waals surface area (Å²) >= 11 is 0. The first-order valence-corrected chi connectivity index (χ1v) is 18.0. The molecule has 0 spiro atoms. The maximum atomic E-state index is 17.2. The van der Waals surface area contributed by atoms with Gasteiger partial charge >= 0.3 is 6.01 Å². The average Bonchev–Trinajstić information content (AvgIpc) is 3.71. The smallest absolute Gasteiger partial charge is 0.319 e. The second kappa shape index (κ2) is 12.7. The van der Waals surface area contributed by atoms with Crippen LogP contribution < -0.4 is 14.4 Å². The maximum Gasteiger partial charge on any atom is 0.319 e. The molecule has 266 valence electrons. The molecule has 4 aliphatic heterocycles. The number of benzene rings is 2. The first-order valence-electron chi connectivity index (χ1n) is 18.0. The van der Waals surface area contributed by atoms with Gasteiger partial charge in [-0.3, -0.25) is 4.90 Å². The zero-order valence-corrected chi connectivity index (χ0v) is 28.7. The van der Waals surface area contributed by atoms with E-state index in [0.29, 0.717) is 60.8 Å². The molecule has 4 atom stereocenters. The lowest BCUT2D eigenvalue weighted by atomic mass is 9.75. The highest BCUT2D eigenvalue weighted by Gasteiger charge is 2.49. The molecule has 0 radical (unpaired) electrons. The van der Waals surface area contributed by atoms with E-state index in [4.69, 9.17) is 35.3 Å². The number of methoxy groups -OCH3 is 1. The molecule has 6 heterocycles. The van der Waals surface area contributed by atoms with Crippen molar-refractivity contribution in [2.24, 2.45) is 17.3 Å².